The summed E-state index contributed by atoms with van der Waals surface area (Å²) in [7, 11) is 0. The van der Waals surface area contributed by atoms with E-state index in [4.69, 9.17) is 5.11 Å². The summed E-state index contributed by atoms with van der Waals surface area (Å²) < 4.78 is 0. The second-order valence-corrected chi connectivity index (χ2v) is 3.97. The number of rotatable bonds is 5. The number of nitrogens with zero attached hydrogens (tertiary/aromatic N) is 1. The van der Waals surface area contributed by atoms with E-state index in [9.17, 15) is 9.59 Å². The van der Waals surface area contributed by atoms with Gasteiger partial charge in [-0.2, -0.15) is 0 Å². The molecule has 17 heavy (non-hydrogen) atoms. The number of pyridine rings is 1. The van der Waals surface area contributed by atoms with Crippen LogP contribution in [0.2, 0.25) is 0 Å². The fourth-order valence-corrected chi connectivity index (χ4v) is 1.34. The molecule has 1 atom stereocenters. The molecule has 1 aromatic heterocycles. The first-order chi connectivity index (χ1) is 8.04. The quantitative estimate of drug-likeness (QED) is 0.821. The highest BCUT2D eigenvalue weighted by molar-refractivity contribution is 5.99. The lowest BCUT2D eigenvalue weighted by molar-refractivity contribution is -0.117. The summed E-state index contributed by atoms with van der Waals surface area (Å²) in [5.41, 5.74) is 0.110. The summed E-state index contributed by atoms with van der Waals surface area (Å²) >= 11 is 0. The average molecular weight is 236 g/mol. The number of hydrogen-bond acceptors (Lipinski definition) is 3. The van der Waals surface area contributed by atoms with Gasteiger partial charge < -0.3 is 10.4 Å². The minimum absolute atomic E-state index is 0.134. The van der Waals surface area contributed by atoms with Crippen molar-refractivity contribution in [2.24, 2.45) is 5.92 Å². The van der Waals surface area contributed by atoms with Crippen molar-refractivity contribution in [2.45, 2.75) is 26.7 Å². The highest BCUT2D eigenvalue weighted by Gasteiger charge is 2.14. The summed E-state index contributed by atoms with van der Waals surface area (Å²) in [6.45, 7) is 3.98. The molecule has 5 nitrogen and oxygen atoms in total. The van der Waals surface area contributed by atoms with Crippen LogP contribution >= 0.6 is 0 Å². The topological polar surface area (TPSA) is 79.3 Å². The first-order valence-electron chi connectivity index (χ1n) is 5.52. The highest BCUT2D eigenvalue weighted by atomic mass is 16.4. The Morgan fingerprint density at radius 1 is 1.53 bits per heavy atom. The Balaban J connectivity index is 2.74. The van der Waals surface area contributed by atoms with Crippen molar-refractivity contribution in [3.05, 3.63) is 24.0 Å². The van der Waals surface area contributed by atoms with Gasteiger partial charge in [-0.25, -0.2) is 9.78 Å². The van der Waals surface area contributed by atoms with Crippen molar-refractivity contribution < 1.29 is 14.7 Å². The van der Waals surface area contributed by atoms with Crippen LogP contribution in [0.4, 0.5) is 5.69 Å². The van der Waals surface area contributed by atoms with Crippen LogP contribution in [0.1, 0.15) is 37.2 Å². The Kier molecular flexibility index (Phi) is 4.63. The molecule has 1 heterocycles. The van der Waals surface area contributed by atoms with Gasteiger partial charge in [-0.1, -0.05) is 20.3 Å². The lowest BCUT2D eigenvalue weighted by Crippen LogP contribution is -2.17. The van der Waals surface area contributed by atoms with E-state index >= 15 is 0 Å². The Labute approximate surface area is 99.9 Å². The maximum absolute atomic E-state index is 11.6. The van der Waals surface area contributed by atoms with Crippen molar-refractivity contribution in [1.82, 2.24) is 4.98 Å². The molecule has 2 N–H and O–H groups in total. The number of nitrogens with one attached hydrogen (secondary N) is 1. The monoisotopic (exact) mass is 236 g/mol. The second-order valence-electron chi connectivity index (χ2n) is 3.97. The van der Waals surface area contributed by atoms with Crippen molar-refractivity contribution in [1.29, 1.82) is 0 Å². The predicted octanol–water partition coefficient (Wildman–Crippen LogP) is 2.15. The van der Waals surface area contributed by atoms with Gasteiger partial charge in [-0.15, -0.1) is 0 Å². The third-order valence-corrected chi connectivity index (χ3v) is 2.52. The number of carboxylic acids is 1. The third-order valence-electron chi connectivity index (χ3n) is 2.52. The van der Waals surface area contributed by atoms with E-state index in [-0.39, 0.29) is 23.2 Å². The van der Waals surface area contributed by atoms with Crippen LogP contribution in [0.25, 0.3) is 0 Å². The van der Waals surface area contributed by atoms with Crippen LogP contribution in [0.3, 0.4) is 0 Å². The SMILES string of the molecule is CCC(C)CC(=O)Nc1cccnc1C(=O)O. The molecule has 0 spiro atoms. The molecule has 0 saturated heterocycles. The first-order valence-corrected chi connectivity index (χ1v) is 5.52. The Hall–Kier alpha value is -1.91. The van der Waals surface area contributed by atoms with Crippen LogP contribution in [0.5, 0.6) is 0 Å². The molecular weight excluding hydrogens is 220 g/mol. The largest absolute Gasteiger partial charge is 0.476 e. The highest BCUT2D eigenvalue weighted by Crippen LogP contribution is 2.14. The van der Waals surface area contributed by atoms with Gasteiger partial charge in [0.15, 0.2) is 5.69 Å². The third kappa shape index (κ3) is 3.86. The van der Waals surface area contributed by atoms with E-state index in [1.54, 1.807) is 6.07 Å². The lowest BCUT2D eigenvalue weighted by atomic mass is 10.1. The number of aromatic carboxylic acids is 1. The maximum Gasteiger partial charge on any atom is 0.356 e. The van der Waals surface area contributed by atoms with Crippen LogP contribution in [-0.2, 0) is 4.79 Å². The summed E-state index contributed by atoms with van der Waals surface area (Å²) in [5.74, 6) is -1.06. The van der Waals surface area contributed by atoms with Gasteiger partial charge in [0.1, 0.15) is 0 Å². The number of anilines is 1. The number of carboxylic acid groups (broad SMARTS) is 1. The number of carbonyl (C=O) groups excluding carboxylic acids is 1. The number of amides is 1. The summed E-state index contributed by atoms with van der Waals surface area (Å²) in [6, 6.07) is 3.12. The van der Waals surface area contributed by atoms with E-state index in [2.05, 4.69) is 10.3 Å². The zero-order chi connectivity index (χ0) is 12.8. The molecule has 1 unspecified atom stereocenters. The molecule has 0 aromatic carbocycles. The van der Waals surface area contributed by atoms with Gasteiger partial charge in [0.2, 0.25) is 5.91 Å². The number of aromatic nitrogens is 1. The molecule has 0 fully saturated rings. The van der Waals surface area contributed by atoms with Crippen LogP contribution in [0.15, 0.2) is 18.3 Å². The zero-order valence-corrected chi connectivity index (χ0v) is 9.93. The van der Waals surface area contributed by atoms with Gasteiger partial charge in [0.05, 0.1) is 5.69 Å². The van der Waals surface area contributed by atoms with Gasteiger partial charge in [-0.05, 0) is 18.1 Å². The molecule has 1 amide bonds. The average Bonchev–Trinajstić information content (AvgIpc) is 2.29. The Morgan fingerprint density at radius 2 is 2.24 bits per heavy atom. The first kappa shape index (κ1) is 13.2. The number of hydrogen-bond donors (Lipinski definition) is 2. The second kappa shape index (κ2) is 5.98. The van der Waals surface area contributed by atoms with Crippen LogP contribution in [-0.4, -0.2) is 22.0 Å². The molecule has 0 aliphatic heterocycles. The van der Waals surface area contributed by atoms with Gasteiger partial charge >= 0.3 is 5.97 Å². The molecule has 0 radical (unpaired) electrons. The minimum atomic E-state index is -1.15. The maximum atomic E-state index is 11.6. The standard InChI is InChI=1S/C12H16N2O3/c1-3-8(2)7-10(15)14-9-5-4-6-13-11(9)12(16)17/h4-6,8H,3,7H2,1-2H3,(H,14,15)(H,16,17). The molecule has 0 bridgehead atoms. The van der Waals surface area contributed by atoms with E-state index in [0.717, 1.165) is 6.42 Å². The van der Waals surface area contributed by atoms with Gasteiger partial charge in [-0.3, -0.25) is 4.79 Å². The lowest BCUT2D eigenvalue weighted by Gasteiger charge is -2.10. The fraction of sp³-hybridized carbons (Fsp3) is 0.417. The Bertz CT molecular complexity index is 418. The van der Waals surface area contributed by atoms with E-state index in [1.165, 1.54) is 12.3 Å². The molecule has 1 aromatic rings. The smallest absolute Gasteiger partial charge is 0.356 e. The molecule has 0 saturated carbocycles. The molecule has 5 heteroatoms. The molecule has 92 valence electrons. The summed E-state index contributed by atoms with van der Waals surface area (Å²) in [6.07, 6.45) is 2.67. The molecular formula is C12H16N2O3. The fourth-order valence-electron chi connectivity index (χ4n) is 1.34. The number of carbonyl (C=O) groups is 2. The van der Waals surface area contributed by atoms with Crippen LogP contribution < -0.4 is 5.32 Å². The Morgan fingerprint density at radius 3 is 2.82 bits per heavy atom. The van der Waals surface area contributed by atoms with Crippen molar-refractivity contribution >= 4 is 17.6 Å². The summed E-state index contributed by atoms with van der Waals surface area (Å²) in [4.78, 5) is 26.2. The zero-order valence-electron chi connectivity index (χ0n) is 9.93. The molecule has 1 rings (SSSR count). The molecule has 0 aliphatic rings. The van der Waals surface area contributed by atoms with E-state index in [1.807, 2.05) is 13.8 Å². The van der Waals surface area contributed by atoms with Crippen LogP contribution in [0, 0.1) is 5.92 Å². The minimum Gasteiger partial charge on any atom is -0.476 e. The van der Waals surface area contributed by atoms with Crippen molar-refractivity contribution in [3.63, 3.8) is 0 Å². The van der Waals surface area contributed by atoms with Gasteiger partial charge in [0.25, 0.3) is 0 Å². The predicted molar refractivity (Wildman–Crippen MR) is 63.9 cm³/mol. The summed E-state index contributed by atoms with van der Waals surface area (Å²) in [5, 5.41) is 11.5. The van der Waals surface area contributed by atoms with Gasteiger partial charge in [0, 0.05) is 12.6 Å². The van der Waals surface area contributed by atoms with Crippen molar-refractivity contribution in [3.8, 4) is 0 Å². The molecule has 0 aliphatic carbocycles. The van der Waals surface area contributed by atoms with E-state index < -0.39 is 5.97 Å². The van der Waals surface area contributed by atoms with Crippen molar-refractivity contribution in [2.75, 3.05) is 5.32 Å². The normalized spacial score (nSPS) is 11.9. The van der Waals surface area contributed by atoms with E-state index in [0.29, 0.717) is 6.42 Å².